The van der Waals surface area contributed by atoms with Crippen molar-refractivity contribution in [3.8, 4) is 28.0 Å². The van der Waals surface area contributed by atoms with Crippen LogP contribution in [-0.4, -0.2) is 12.6 Å². The van der Waals surface area contributed by atoms with E-state index in [-0.39, 0.29) is 12.1 Å². The predicted molar refractivity (Wildman–Crippen MR) is 169 cm³/mol. The highest BCUT2D eigenvalue weighted by atomic mass is 16.5. The summed E-state index contributed by atoms with van der Waals surface area (Å²) in [5.41, 5.74) is 5.65. The summed E-state index contributed by atoms with van der Waals surface area (Å²) in [4.78, 5) is 11.3. The molecule has 0 saturated carbocycles. The van der Waals surface area contributed by atoms with E-state index in [1.165, 1.54) is 101 Å². The van der Waals surface area contributed by atoms with Gasteiger partial charge in [-0.1, -0.05) is 145 Å². The molecule has 0 fully saturated rings. The van der Waals surface area contributed by atoms with Crippen molar-refractivity contribution in [2.75, 3.05) is 6.61 Å². The predicted octanol–water partition coefficient (Wildman–Crippen LogP) is 11.1. The second kappa shape index (κ2) is 18.3. The maximum absolute atomic E-state index is 11.3. The van der Waals surface area contributed by atoms with Gasteiger partial charge in [-0.2, -0.15) is 0 Å². The average Bonchev–Trinajstić information content (AvgIpc) is 2.97. The van der Waals surface area contributed by atoms with E-state index in [2.05, 4.69) is 67.6 Å². The molecule has 40 heavy (non-hydrogen) atoms. The lowest BCUT2D eigenvalue weighted by atomic mass is 9.94. The largest absolute Gasteiger partial charge is 0.494 e. The molecule has 0 bridgehead atoms. The molecule has 0 heterocycles. The number of ether oxygens (including phenoxy) is 2. The first-order valence-electron chi connectivity index (χ1n) is 15.7. The van der Waals surface area contributed by atoms with E-state index in [1.807, 2.05) is 19.1 Å². The van der Waals surface area contributed by atoms with Gasteiger partial charge < -0.3 is 9.47 Å². The molecule has 0 aromatic heterocycles. The van der Waals surface area contributed by atoms with Gasteiger partial charge in [0.05, 0.1) is 6.61 Å². The standard InChI is InChI=1S/C37H50O3/c1-4-5-6-7-8-9-10-11-12-13-14-15-18-29-39-35-27-25-34(26-28-35)37-20-17-16-19-36(37)33-23-21-32(22-24-33)30(2)40-31(3)38/h16-17,19-28,30H,4-15,18,29H2,1-3H3. The third kappa shape index (κ3) is 11.2. The van der Waals surface area contributed by atoms with Crippen LogP contribution in [0.1, 0.15) is 116 Å². The Bertz CT molecular complexity index is 1100. The Kier molecular flexibility index (Phi) is 14.4. The van der Waals surface area contributed by atoms with Crippen LogP contribution in [-0.2, 0) is 9.53 Å². The van der Waals surface area contributed by atoms with Crippen LogP contribution in [0.15, 0.2) is 72.8 Å². The van der Waals surface area contributed by atoms with Crippen molar-refractivity contribution in [2.45, 2.75) is 110 Å². The first-order valence-corrected chi connectivity index (χ1v) is 15.7. The maximum atomic E-state index is 11.3. The highest BCUT2D eigenvalue weighted by Crippen LogP contribution is 2.33. The maximum Gasteiger partial charge on any atom is 0.303 e. The smallest absolute Gasteiger partial charge is 0.303 e. The van der Waals surface area contributed by atoms with Crippen LogP contribution in [0.2, 0.25) is 0 Å². The quantitative estimate of drug-likeness (QED) is 0.112. The van der Waals surface area contributed by atoms with Crippen molar-refractivity contribution in [1.82, 2.24) is 0 Å². The van der Waals surface area contributed by atoms with Crippen molar-refractivity contribution in [2.24, 2.45) is 0 Å². The molecule has 0 amide bonds. The van der Waals surface area contributed by atoms with Crippen LogP contribution in [0.25, 0.3) is 22.3 Å². The topological polar surface area (TPSA) is 35.5 Å². The lowest BCUT2D eigenvalue weighted by Gasteiger charge is -2.14. The minimum Gasteiger partial charge on any atom is -0.494 e. The van der Waals surface area contributed by atoms with Gasteiger partial charge in [-0.15, -0.1) is 0 Å². The van der Waals surface area contributed by atoms with Crippen LogP contribution < -0.4 is 4.74 Å². The molecule has 0 spiro atoms. The van der Waals surface area contributed by atoms with Crippen LogP contribution in [0, 0.1) is 0 Å². The Morgan fingerprint density at radius 1 is 0.625 bits per heavy atom. The summed E-state index contributed by atoms with van der Waals surface area (Å²) in [6, 6.07) is 25.2. The summed E-state index contributed by atoms with van der Waals surface area (Å²) >= 11 is 0. The number of carbonyl (C=O) groups is 1. The molecule has 0 aliphatic carbocycles. The molecule has 0 aliphatic rings. The van der Waals surface area contributed by atoms with E-state index in [0.29, 0.717) is 0 Å². The van der Waals surface area contributed by atoms with E-state index in [1.54, 1.807) is 0 Å². The number of rotatable bonds is 19. The second-order valence-electron chi connectivity index (χ2n) is 11.0. The van der Waals surface area contributed by atoms with E-state index >= 15 is 0 Å². The lowest BCUT2D eigenvalue weighted by molar-refractivity contribution is -0.145. The molecule has 0 saturated heterocycles. The van der Waals surface area contributed by atoms with Gasteiger partial charge in [-0.25, -0.2) is 0 Å². The minimum atomic E-state index is -0.265. The van der Waals surface area contributed by atoms with Gasteiger partial charge in [-0.05, 0) is 53.3 Å². The number of benzene rings is 3. The molecule has 0 N–H and O–H groups in total. The summed E-state index contributed by atoms with van der Waals surface area (Å²) in [6.07, 6.45) is 17.4. The van der Waals surface area contributed by atoms with Crippen LogP contribution in [0.5, 0.6) is 5.75 Å². The van der Waals surface area contributed by atoms with Crippen LogP contribution >= 0.6 is 0 Å². The second-order valence-corrected chi connectivity index (χ2v) is 11.0. The fourth-order valence-corrected chi connectivity index (χ4v) is 5.28. The van der Waals surface area contributed by atoms with E-state index in [4.69, 9.17) is 9.47 Å². The fraction of sp³-hybridized carbons (Fsp3) is 0.486. The number of unbranched alkanes of at least 4 members (excludes halogenated alkanes) is 12. The molecule has 1 atom stereocenters. The van der Waals surface area contributed by atoms with Crippen molar-refractivity contribution in [1.29, 1.82) is 0 Å². The Morgan fingerprint density at radius 3 is 1.55 bits per heavy atom. The van der Waals surface area contributed by atoms with Gasteiger partial charge in [-0.3, -0.25) is 4.79 Å². The Morgan fingerprint density at radius 2 is 1.07 bits per heavy atom. The summed E-state index contributed by atoms with van der Waals surface area (Å²) < 4.78 is 11.4. The molecular weight excluding hydrogens is 492 g/mol. The summed E-state index contributed by atoms with van der Waals surface area (Å²) in [7, 11) is 0. The monoisotopic (exact) mass is 542 g/mol. The third-order valence-electron chi connectivity index (χ3n) is 7.64. The Balaban J connectivity index is 1.38. The zero-order valence-corrected chi connectivity index (χ0v) is 25.1. The van der Waals surface area contributed by atoms with E-state index < -0.39 is 0 Å². The molecule has 0 radical (unpaired) electrons. The van der Waals surface area contributed by atoms with Crippen molar-refractivity contribution < 1.29 is 14.3 Å². The van der Waals surface area contributed by atoms with Crippen molar-refractivity contribution >= 4 is 5.97 Å². The van der Waals surface area contributed by atoms with Gasteiger partial charge in [0.15, 0.2) is 0 Å². The Hall–Kier alpha value is -3.07. The summed E-state index contributed by atoms with van der Waals surface area (Å²) in [5.74, 6) is 0.669. The normalized spacial score (nSPS) is 11.8. The van der Waals surface area contributed by atoms with Gasteiger partial charge in [0, 0.05) is 6.92 Å². The van der Waals surface area contributed by atoms with Crippen molar-refractivity contribution in [3.05, 3.63) is 78.4 Å². The molecule has 1 unspecified atom stereocenters. The molecule has 216 valence electrons. The minimum absolute atomic E-state index is 0.256. The molecule has 3 rings (SSSR count). The van der Waals surface area contributed by atoms with Crippen molar-refractivity contribution in [3.63, 3.8) is 0 Å². The number of carbonyl (C=O) groups excluding carboxylic acids is 1. The molecule has 3 heteroatoms. The number of hydrogen-bond donors (Lipinski definition) is 0. The fourth-order valence-electron chi connectivity index (χ4n) is 5.28. The van der Waals surface area contributed by atoms with Gasteiger partial charge in [0.25, 0.3) is 0 Å². The zero-order valence-electron chi connectivity index (χ0n) is 25.1. The van der Waals surface area contributed by atoms with E-state index in [0.717, 1.165) is 29.9 Å². The van der Waals surface area contributed by atoms with Gasteiger partial charge in [0.2, 0.25) is 0 Å². The lowest BCUT2D eigenvalue weighted by Crippen LogP contribution is -2.04. The molecule has 3 nitrogen and oxygen atoms in total. The van der Waals surface area contributed by atoms with Crippen LogP contribution in [0.3, 0.4) is 0 Å². The summed E-state index contributed by atoms with van der Waals surface area (Å²) in [6.45, 7) is 6.40. The Labute approximate surface area is 243 Å². The first kappa shape index (κ1) is 31.5. The highest BCUT2D eigenvalue weighted by molar-refractivity contribution is 5.83. The summed E-state index contributed by atoms with van der Waals surface area (Å²) in [5, 5.41) is 0. The SMILES string of the molecule is CCCCCCCCCCCCCCCOc1ccc(-c2ccccc2-c2ccc(C(C)OC(C)=O)cc2)cc1. The molecule has 3 aromatic carbocycles. The third-order valence-corrected chi connectivity index (χ3v) is 7.64. The zero-order chi connectivity index (χ0) is 28.4. The first-order chi connectivity index (χ1) is 19.6. The number of hydrogen-bond acceptors (Lipinski definition) is 3. The van der Waals surface area contributed by atoms with Gasteiger partial charge >= 0.3 is 5.97 Å². The molecular formula is C37H50O3. The van der Waals surface area contributed by atoms with Crippen LogP contribution in [0.4, 0.5) is 0 Å². The van der Waals surface area contributed by atoms with E-state index in [9.17, 15) is 4.79 Å². The average molecular weight is 543 g/mol. The number of esters is 1. The molecule has 0 aliphatic heterocycles. The molecule has 3 aromatic rings. The highest BCUT2D eigenvalue weighted by Gasteiger charge is 2.11. The van der Waals surface area contributed by atoms with Gasteiger partial charge in [0.1, 0.15) is 11.9 Å².